The Kier molecular flexibility index (Phi) is 8.10. The molecule has 1 aliphatic heterocycles. The lowest BCUT2D eigenvalue weighted by molar-refractivity contribution is -0.124. The van der Waals surface area contributed by atoms with Crippen LogP contribution in [0.1, 0.15) is 50.5 Å². The van der Waals surface area contributed by atoms with Gasteiger partial charge >= 0.3 is 0 Å². The zero-order chi connectivity index (χ0) is 18.6. The summed E-state index contributed by atoms with van der Waals surface area (Å²) in [5.74, 6) is 0.205. The molecular formula is C20H32ClN3O2. The van der Waals surface area contributed by atoms with Gasteiger partial charge < -0.3 is 16.0 Å². The minimum absolute atomic E-state index is 0. The van der Waals surface area contributed by atoms with Crippen molar-refractivity contribution in [1.82, 2.24) is 16.0 Å². The fourth-order valence-corrected chi connectivity index (χ4v) is 2.73. The number of rotatable bonds is 6. The first-order valence-electron chi connectivity index (χ1n) is 9.08. The van der Waals surface area contributed by atoms with Crippen LogP contribution in [0.3, 0.4) is 0 Å². The number of hydrogen-bond acceptors (Lipinski definition) is 3. The maximum Gasteiger partial charge on any atom is 0.251 e. The molecule has 0 aliphatic carbocycles. The molecule has 1 saturated heterocycles. The van der Waals surface area contributed by atoms with Crippen LogP contribution in [0.25, 0.3) is 0 Å². The van der Waals surface area contributed by atoms with Gasteiger partial charge in [0.15, 0.2) is 0 Å². The van der Waals surface area contributed by atoms with Crippen LogP contribution in [-0.2, 0) is 10.2 Å². The standard InChI is InChI=1S/C20H31N3O2.ClH/c1-13(2)17(19(25)22-12-14-10-21-11-14)23-18(24)15-6-8-16(9-7-15)20(3,4)5;/h6-9,13-14,17,21H,10-12H2,1-5H3,(H,22,25)(H,23,24);1H. The van der Waals surface area contributed by atoms with E-state index in [1.54, 1.807) is 0 Å². The van der Waals surface area contributed by atoms with Crippen molar-refractivity contribution in [3.8, 4) is 0 Å². The van der Waals surface area contributed by atoms with Crippen LogP contribution in [0.5, 0.6) is 0 Å². The second kappa shape index (κ2) is 9.38. The van der Waals surface area contributed by atoms with Crippen molar-refractivity contribution >= 4 is 24.2 Å². The second-order valence-electron chi connectivity index (χ2n) is 8.29. The summed E-state index contributed by atoms with van der Waals surface area (Å²) in [7, 11) is 0. The van der Waals surface area contributed by atoms with E-state index in [2.05, 4.69) is 36.7 Å². The molecule has 1 atom stereocenters. The highest BCUT2D eigenvalue weighted by Gasteiger charge is 2.26. The summed E-state index contributed by atoms with van der Waals surface area (Å²) in [6.45, 7) is 12.8. The molecule has 26 heavy (non-hydrogen) atoms. The molecule has 1 aromatic carbocycles. The summed E-state index contributed by atoms with van der Waals surface area (Å²) < 4.78 is 0. The van der Waals surface area contributed by atoms with Gasteiger partial charge in [-0.2, -0.15) is 0 Å². The van der Waals surface area contributed by atoms with Gasteiger partial charge in [-0.05, 0) is 29.0 Å². The van der Waals surface area contributed by atoms with E-state index in [0.717, 1.165) is 13.1 Å². The van der Waals surface area contributed by atoms with Crippen molar-refractivity contribution in [2.75, 3.05) is 19.6 Å². The van der Waals surface area contributed by atoms with E-state index >= 15 is 0 Å². The largest absolute Gasteiger partial charge is 0.354 e. The van der Waals surface area contributed by atoms with Crippen LogP contribution in [0, 0.1) is 11.8 Å². The van der Waals surface area contributed by atoms with Gasteiger partial charge in [-0.15, -0.1) is 12.4 Å². The maximum atomic E-state index is 12.5. The zero-order valence-corrected chi connectivity index (χ0v) is 17.2. The molecule has 1 aliphatic rings. The molecule has 1 aromatic rings. The quantitative estimate of drug-likeness (QED) is 0.709. The molecule has 0 radical (unpaired) electrons. The lowest BCUT2D eigenvalue weighted by Gasteiger charge is -2.29. The average Bonchev–Trinajstić information content (AvgIpc) is 2.49. The molecular weight excluding hydrogens is 350 g/mol. The van der Waals surface area contributed by atoms with Gasteiger partial charge in [-0.25, -0.2) is 0 Å². The Balaban J connectivity index is 0.00000338. The maximum absolute atomic E-state index is 12.5. The van der Waals surface area contributed by atoms with Gasteiger partial charge in [-0.1, -0.05) is 46.8 Å². The second-order valence-corrected chi connectivity index (χ2v) is 8.29. The van der Waals surface area contributed by atoms with Gasteiger partial charge in [0.1, 0.15) is 6.04 Å². The smallest absolute Gasteiger partial charge is 0.251 e. The molecule has 5 nitrogen and oxygen atoms in total. The molecule has 1 heterocycles. The summed E-state index contributed by atoms with van der Waals surface area (Å²) in [6, 6.07) is 7.07. The molecule has 6 heteroatoms. The molecule has 0 saturated carbocycles. The Labute approximate surface area is 163 Å². The van der Waals surface area contributed by atoms with Crippen molar-refractivity contribution in [3.63, 3.8) is 0 Å². The van der Waals surface area contributed by atoms with Gasteiger partial charge in [-0.3, -0.25) is 9.59 Å². The van der Waals surface area contributed by atoms with Crippen molar-refractivity contribution in [3.05, 3.63) is 35.4 Å². The van der Waals surface area contributed by atoms with E-state index in [1.165, 1.54) is 5.56 Å². The van der Waals surface area contributed by atoms with Crippen molar-refractivity contribution in [2.24, 2.45) is 11.8 Å². The van der Waals surface area contributed by atoms with Gasteiger partial charge in [0.25, 0.3) is 5.91 Å². The Bertz CT molecular complexity index is 604. The monoisotopic (exact) mass is 381 g/mol. The highest BCUT2D eigenvalue weighted by atomic mass is 35.5. The van der Waals surface area contributed by atoms with E-state index in [0.29, 0.717) is 18.0 Å². The van der Waals surface area contributed by atoms with Crippen molar-refractivity contribution in [2.45, 2.75) is 46.1 Å². The first-order valence-corrected chi connectivity index (χ1v) is 9.08. The normalized spacial score (nSPS) is 15.6. The average molecular weight is 382 g/mol. The lowest BCUT2D eigenvalue weighted by Crippen LogP contribution is -2.53. The molecule has 1 fully saturated rings. The van der Waals surface area contributed by atoms with E-state index in [-0.39, 0.29) is 35.6 Å². The van der Waals surface area contributed by atoms with Gasteiger partial charge in [0.05, 0.1) is 0 Å². The number of carbonyl (C=O) groups is 2. The van der Waals surface area contributed by atoms with Crippen molar-refractivity contribution in [1.29, 1.82) is 0 Å². The molecule has 1 unspecified atom stereocenters. The number of halogens is 1. The first-order chi connectivity index (χ1) is 11.7. The third-order valence-corrected chi connectivity index (χ3v) is 4.68. The number of nitrogens with one attached hydrogen (secondary N) is 3. The molecule has 0 aromatic heterocycles. The molecule has 2 amide bonds. The van der Waals surface area contributed by atoms with E-state index in [4.69, 9.17) is 0 Å². The summed E-state index contributed by atoms with van der Waals surface area (Å²) in [4.78, 5) is 25.0. The number of carbonyl (C=O) groups excluding carboxylic acids is 2. The lowest BCUT2D eigenvalue weighted by atomic mass is 9.86. The van der Waals surface area contributed by atoms with E-state index in [9.17, 15) is 9.59 Å². The minimum atomic E-state index is -0.525. The van der Waals surface area contributed by atoms with Crippen LogP contribution in [0.2, 0.25) is 0 Å². The van der Waals surface area contributed by atoms with Gasteiger partial charge in [0, 0.05) is 31.1 Å². The fourth-order valence-electron chi connectivity index (χ4n) is 2.73. The number of amides is 2. The van der Waals surface area contributed by atoms with Crippen LogP contribution in [0.15, 0.2) is 24.3 Å². The zero-order valence-electron chi connectivity index (χ0n) is 16.4. The molecule has 3 N–H and O–H groups in total. The summed E-state index contributed by atoms with van der Waals surface area (Å²) in [6.07, 6.45) is 0. The van der Waals surface area contributed by atoms with Crippen LogP contribution < -0.4 is 16.0 Å². The molecule has 0 spiro atoms. The molecule has 0 bridgehead atoms. The highest BCUT2D eigenvalue weighted by molar-refractivity contribution is 5.97. The Morgan fingerprint density at radius 2 is 1.73 bits per heavy atom. The van der Waals surface area contributed by atoms with Gasteiger partial charge in [0.2, 0.25) is 5.91 Å². The highest BCUT2D eigenvalue weighted by Crippen LogP contribution is 2.22. The summed E-state index contributed by atoms with van der Waals surface area (Å²) in [5, 5.41) is 9.03. The SMILES string of the molecule is CC(C)C(NC(=O)c1ccc(C(C)(C)C)cc1)C(=O)NCC1CNC1.Cl. The molecule has 2 rings (SSSR count). The first kappa shape index (κ1) is 22.5. The van der Waals surface area contributed by atoms with Crippen molar-refractivity contribution < 1.29 is 9.59 Å². The number of hydrogen-bond donors (Lipinski definition) is 3. The topological polar surface area (TPSA) is 70.2 Å². The van der Waals surface area contributed by atoms with E-state index < -0.39 is 6.04 Å². The van der Waals surface area contributed by atoms with Crippen LogP contribution in [-0.4, -0.2) is 37.5 Å². The Morgan fingerprint density at radius 3 is 2.15 bits per heavy atom. The Morgan fingerprint density at radius 1 is 1.15 bits per heavy atom. The fraction of sp³-hybridized carbons (Fsp3) is 0.600. The number of benzene rings is 1. The Hall–Kier alpha value is -1.59. The summed E-state index contributed by atoms with van der Waals surface area (Å²) >= 11 is 0. The third-order valence-electron chi connectivity index (χ3n) is 4.68. The summed E-state index contributed by atoms with van der Waals surface area (Å²) in [5.41, 5.74) is 1.80. The molecule has 146 valence electrons. The van der Waals surface area contributed by atoms with Crippen LogP contribution >= 0.6 is 12.4 Å². The van der Waals surface area contributed by atoms with E-state index in [1.807, 2.05) is 38.1 Å². The minimum Gasteiger partial charge on any atom is -0.354 e. The predicted molar refractivity (Wildman–Crippen MR) is 108 cm³/mol. The predicted octanol–water partition coefficient (Wildman–Crippen LogP) is 2.50. The third kappa shape index (κ3) is 5.99. The van der Waals surface area contributed by atoms with Crippen LogP contribution in [0.4, 0.5) is 0 Å².